The minimum Gasteiger partial charge on any atom is -0.367 e. The molecule has 9 heteroatoms. The van der Waals surface area contributed by atoms with Crippen LogP contribution in [0.5, 0.6) is 0 Å². The first kappa shape index (κ1) is 15.4. The highest BCUT2D eigenvalue weighted by atomic mass is 19.3. The zero-order valence-electron chi connectivity index (χ0n) is 13.4. The number of hydrogen-bond acceptors (Lipinski definition) is 6. The molecule has 0 spiro atoms. The van der Waals surface area contributed by atoms with Crippen molar-refractivity contribution in [1.82, 2.24) is 19.6 Å². The van der Waals surface area contributed by atoms with Gasteiger partial charge in [-0.25, -0.2) is 23.3 Å². The minimum absolute atomic E-state index is 0.168. The summed E-state index contributed by atoms with van der Waals surface area (Å²) in [5, 5.41) is 4.10. The summed E-state index contributed by atoms with van der Waals surface area (Å²) >= 11 is 0. The number of nitrogens with zero attached hydrogens (tertiary/aromatic N) is 6. The number of nitrogen functional groups attached to an aromatic ring is 1. The van der Waals surface area contributed by atoms with Gasteiger partial charge >= 0.3 is 0 Å². The molecule has 1 aliphatic heterocycles. The largest absolute Gasteiger partial charge is 0.367 e. The highest BCUT2D eigenvalue weighted by Gasteiger charge is 2.23. The number of aromatic nitrogens is 4. The molecule has 0 radical (unpaired) electrons. The molecular weight excluding hydrogens is 328 g/mol. The average Bonchev–Trinajstić information content (AvgIpc) is 2.96. The van der Waals surface area contributed by atoms with Crippen molar-refractivity contribution in [3.63, 3.8) is 0 Å². The first-order valence-electron chi connectivity index (χ1n) is 7.70. The Morgan fingerprint density at radius 3 is 2.92 bits per heavy atom. The van der Waals surface area contributed by atoms with Crippen LogP contribution >= 0.6 is 0 Å². The molecule has 0 unspecified atom stereocenters. The van der Waals surface area contributed by atoms with Gasteiger partial charge in [0.15, 0.2) is 5.82 Å². The van der Waals surface area contributed by atoms with Crippen LogP contribution in [0.4, 0.5) is 26.2 Å². The van der Waals surface area contributed by atoms with Crippen LogP contribution in [0.1, 0.15) is 6.92 Å². The van der Waals surface area contributed by atoms with Crippen molar-refractivity contribution >= 4 is 28.7 Å². The Morgan fingerprint density at radius 2 is 2.12 bits per heavy atom. The fraction of sp³-hybridized carbons (Fsp3) is 0.250. The van der Waals surface area contributed by atoms with E-state index in [1.165, 1.54) is 0 Å². The molecule has 1 aliphatic rings. The molecule has 7 nitrogen and oxygen atoms in total. The van der Waals surface area contributed by atoms with Gasteiger partial charge in [-0.15, -0.1) is 5.10 Å². The van der Waals surface area contributed by atoms with Crippen LogP contribution in [-0.4, -0.2) is 44.8 Å². The maximum absolute atomic E-state index is 12.9. The van der Waals surface area contributed by atoms with E-state index >= 15 is 0 Å². The molecule has 128 valence electrons. The zero-order valence-corrected chi connectivity index (χ0v) is 13.4. The highest BCUT2D eigenvalue weighted by molar-refractivity contribution is 5.94. The smallest absolute Gasteiger partial charge is 0.255 e. The number of hydrogen-bond donors (Lipinski definition) is 1. The first-order chi connectivity index (χ1) is 12.0. The van der Waals surface area contributed by atoms with Crippen molar-refractivity contribution in [3.05, 3.63) is 30.6 Å². The number of aliphatic imine (C=N–C) groups is 1. The molecule has 0 atom stereocenters. The van der Waals surface area contributed by atoms with Crippen LogP contribution in [0.15, 0.2) is 35.6 Å². The molecule has 0 fully saturated rings. The summed E-state index contributed by atoms with van der Waals surface area (Å²) in [7, 11) is 0. The Bertz CT molecular complexity index is 980. The van der Waals surface area contributed by atoms with E-state index in [0.717, 1.165) is 16.8 Å². The summed E-state index contributed by atoms with van der Waals surface area (Å²) in [6.07, 6.45) is 0.914. The van der Waals surface area contributed by atoms with Gasteiger partial charge in [0.25, 0.3) is 6.43 Å². The molecule has 0 saturated heterocycles. The molecule has 0 aliphatic carbocycles. The number of alkyl halides is 2. The predicted molar refractivity (Wildman–Crippen MR) is 91.6 cm³/mol. The number of pyridine rings is 1. The van der Waals surface area contributed by atoms with Crippen LogP contribution < -0.4 is 10.6 Å². The van der Waals surface area contributed by atoms with Crippen LogP contribution in [-0.2, 0) is 0 Å². The van der Waals surface area contributed by atoms with E-state index in [1.54, 1.807) is 27.9 Å². The van der Waals surface area contributed by atoms with E-state index in [2.05, 4.69) is 20.1 Å². The van der Waals surface area contributed by atoms with Crippen molar-refractivity contribution < 1.29 is 8.78 Å². The fourth-order valence-corrected chi connectivity index (χ4v) is 2.95. The van der Waals surface area contributed by atoms with Crippen molar-refractivity contribution in [2.24, 2.45) is 4.99 Å². The molecule has 4 heterocycles. The standard InChI is InChI=1S/C16H15F2N7/c1-9-7-24(8-14(17)18)15-12(21-9)3-2-11(22-15)10-4-5-25-13(10)6-20-16(19)23-25/h2-6,14H,7-8H2,1H3,(H2,19,23). The van der Waals surface area contributed by atoms with E-state index in [0.29, 0.717) is 23.7 Å². The molecule has 0 amide bonds. The fourth-order valence-electron chi connectivity index (χ4n) is 2.95. The number of nitrogens with two attached hydrogens (primary N) is 1. The number of halogens is 2. The van der Waals surface area contributed by atoms with Gasteiger partial charge in [0.1, 0.15) is 5.69 Å². The topological polar surface area (TPSA) is 84.7 Å². The maximum atomic E-state index is 12.9. The number of fused-ring (bicyclic) bond motifs is 2. The van der Waals surface area contributed by atoms with E-state index in [4.69, 9.17) is 5.73 Å². The molecule has 3 aromatic rings. The van der Waals surface area contributed by atoms with Gasteiger partial charge in [0.2, 0.25) is 5.95 Å². The van der Waals surface area contributed by atoms with Crippen molar-refractivity contribution in [1.29, 1.82) is 0 Å². The average molecular weight is 343 g/mol. The molecule has 3 aromatic heterocycles. The lowest BCUT2D eigenvalue weighted by Gasteiger charge is -2.28. The monoisotopic (exact) mass is 343 g/mol. The lowest BCUT2D eigenvalue weighted by atomic mass is 10.1. The van der Waals surface area contributed by atoms with E-state index in [-0.39, 0.29) is 12.5 Å². The lowest BCUT2D eigenvalue weighted by Crippen LogP contribution is -2.35. The second-order valence-corrected chi connectivity index (χ2v) is 5.83. The number of rotatable bonds is 3. The summed E-state index contributed by atoms with van der Waals surface area (Å²) in [6.45, 7) is 1.77. The Labute approximate surface area is 141 Å². The van der Waals surface area contributed by atoms with Gasteiger partial charge < -0.3 is 10.6 Å². The van der Waals surface area contributed by atoms with Crippen molar-refractivity contribution in [3.8, 4) is 11.3 Å². The van der Waals surface area contributed by atoms with E-state index in [9.17, 15) is 8.78 Å². The lowest BCUT2D eigenvalue weighted by molar-refractivity contribution is 0.155. The SMILES string of the molecule is CC1=Nc2ccc(-c3ccn4nc(N)ncc34)nc2N(CC(F)F)C1. The van der Waals surface area contributed by atoms with Gasteiger partial charge in [-0.1, -0.05) is 0 Å². The van der Waals surface area contributed by atoms with E-state index < -0.39 is 6.43 Å². The van der Waals surface area contributed by atoms with Crippen LogP contribution in [0.2, 0.25) is 0 Å². The Kier molecular flexibility index (Phi) is 3.56. The molecule has 25 heavy (non-hydrogen) atoms. The quantitative estimate of drug-likeness (QED) is 0.790. The zero-order chi connectivity index (χ0) is 17.6. The first-order valence-corrected chi connectivity index (χ1v) is 7.70. The minimum atomic E-state index is -2.45. The third kappa shape index (κ3) is 2.77. The molecule has 0 saturated carbocycles. The molecule has 0 aromatic carbocycles. The summed E-state index contributed by atoms with van der Waals surface area (Å²) in [5.41, 5.74) is 9.14. The second-order valence-electron chi connectivity index (χ2n) is 5.83. The normalized spacial score (nSPS) is 14.1. The Morgan fingerprint density at radius 1 is 1.28 bits per heavy atom. The Balaban J connectivity index is 1.82. The van der Waals surface area contributed by atoms with Crippen molar-refractivity contribution in [2.75, 3.05) is 23.7 Å². The third-order valence-electron chi connectivity index (χ3n) is 3.95. The van der Waals surface area contributed by atoms with Gasteiger partial charge in [-0.2, -0.15) is 0 Å². The van der Waals surface area contributed by atoms with Gasteiger partial charge in [-0.3, -0.25) is 4.99 Å². The summed E-state index contributed by atoms with van der Waals surface area (Å²) in [5.74, 6) is 0.625. The van der Waals surface area contributed by atoms with Crippen molar-refractivity contribution in [2.45, 2.75) is 13.3 Å². The molecule has 0 bridgehead atoms. The summed E-state index contributed by atoms with van der Waals surface area (Å²) in [6, 6.07) is 5.45. The second kappa shape index (κ2) is 5.76. The number of anilines is 2. The van der Waals surface area contributed by atoms with Gasteiger partial charge in [-0.05, 0) is 25.1 Å². The molecular formula is C16H15F2N7. The highest BCUT2D eigenvalue weighted by Crippen LogP contribution is 2.34. The maximum Gasteiger partial charge on any atom is 0.255 e. The molecule has 4 rings (SSSR count). The van der Waals surface area contributed by atoms with E-state index in [1.807, 2.05) is 19.1 Å². The molecule has 2 N–H and O–H groups in total. The predicted octanol–water partition coefficient (Wildman–Crippen LogP) is 2.55. The van der Waals surface area contributed by atoms with Gasteiger partial charge in [0, 0.05) is 17.5 Å². The summed E-state index contributed by atoms with van der Waals surface area (Å²) in [4.78, 5) is 14.6. The van der Waals surface area contributed by atoms with Gasteiger partial charge in [0.05, 0.1) is 30.5 Å². The Hall–Kier alpha value is -3.10. The van der Waals surface area contributed by atoms with Crippen LogP contribution in [0.25, 0.3) is 16.8 Å². The van der Waals surface area contributed by atoms with Crippen LogP contribution in [0.3, 0.4) is 0 Å². The van der Waals surface area contributed by atoms with Crippen LogP contribution in [0, 0.1) is 0 Å². The summed E-state index contributed by atoms with van der Waals surface area (Å²) < 4.78 is 27.4. The third-order valence-corrected chi connectivity index (χ3v) is 3.95.